The van der Waals surface area contributed by atoms with Crippen molar-refractivity contribution in [1.82, 2.24) is 9.88 Å². The normalized spacial score (nSPS) is 24.4. The number of β-amino-alcohol motifs (C(OH)–C–C–N with tert-alkyl or cyclic N) is 1. The first-order chi connectivity index (χ1) is 8.66. The number of piperidine rings is 1. The molecule has 2 unspecified atom stereocenters. The van der Waals surface area contributed by atoms with Crippen LogP contribution in [0.25, 0.3) is 6.08 Å². The summed E-state index contributed by atoms with van der Waals surface area (Å²) in [4.78, 5) is 17.7. The van der Waals surface area contributed by atoms with E-state index in [4.69, 9.17) is 0 Å². The molecule has 1 aromatic heterocycles. The number of nitrogens with zero attached hydrogens (tertiary/aromatic N) is 2. The molecule has 0 bridgehead atoms. The minimum Gasteiger partial charge on any atom is -0.391 e. The Bertz CT molecular complexity index is 431. The Morgan fingerprint density at radius 2 is 2.39 bits per heavy atom. The Morgan fingerprint density at radius 1 is 1.56 bits per heavy atom. The van der Waals surface area contributed by atoms with Gasteiger partial charge in [0.1, 0.15) is 0 Å². The van der Waals surface area contributed by atoms with Crippen molar-refractivity contribution in [1.29, 1.82) is 0 Å². The average molecular weight is 246 g/mol. The third-order valence-corrected chi connectivity index (χ3v) is 3.31. The summed E-state index contributed by atoms with van der Waals surface area (Å²) in [5.41, 5.74) is 0.761. The highest BCUT2D eigenvalue weighted by molar-refractivity contribution is 5.91. The first kappa shape index (κ1) is 12.8. The van der Waals surface area contributed by atoms with Crippen molar-refractivity contribution < 1.29 is 9.90 Å². The van der Waals surface area contributed by atoms with Crippen molar-refractivity contribution in [2.24, 2.45) is 5.92 Å². The summed E-state index contributed by atoms with van der Waals surface area (Å²) in [6, 6.07) is 5.56. The van der Waals surface area contributed by atoms with E-state index in [-0.39, 0.29) is 11.8 Å². The third kappa shape index (κ3) is 3.17. The molecule has 1 aliphatic rings. The Hall–Kier alpha value is -1.68. The molecule has 1 aromatic rings. The molecule has 1 amide bonds. The quantitative estimate of drug-likeness (QED) is 0.801. The molecule has 0 aromatic carbocycles. The maximum atomic E-state index is 11.9. The summed E-state index contributed by atoms with van der Waals surface area (Å²) in [6.07, 6.45) is 5.35. The van der Waals surface area contributed by atoms with E-state index in [9.17, 15) is 9.90 Å². The number of rotatable bonds is 2. The van der Waals surface area contributed by atoms with E-state index in [1.54, 1.807) is 17.2 Å². The van der Waals surface area contributed by atoms with Gasteiger partial charge in [-0.3, -0.25) is 9.78 Å². The van der Waals surface area contributed by atoms with E-state index in [0.29, 0.717) is 13.1 Å². The van der Waals surface area contributed by atoms with Crippen molar-refractivity contribution >= 4 is 12.0 Å². The number of hydrogen-bond donors (Lipinski definition) is 1. The van der Waals surface area contributed by atoms with Crippen LogP contribution in [-0.4, -0.2) is 40.1 Å². The SMILES string of the molecule is CC1CCN(C(=O)/C=C/c2ccccn2)CC1O. The van der Waals surface area contributed by atoms with E-state index in [2.05, 4.69) is 4.98 Å². The van der Waals surface area contributed by atoms with Crippen LogP contribution in [0, 0.1) is 5.92 Å². The predicted octanol–water partition coefficient (Wildman–Crippen LogP) is 1.32. The van der Waals surface area contributed by atoms with E-state index in [1.807, 2.05) is 25.1 Å². The van der Waals surface area contributed by atoms with Crippen molar-refractivity contribution in [2.75, 3.05) is 13.1 Å². The predicted molar refractivity (Wildman–Crippen MR) is 69.6 cm³/mol. The van der Waals surface area contributed by atoms with Crippen LogP contribution in [0.3, 0.4) is 0 Å². The molecule has 0 radical (unpaired) electrons. The molecular formula is C14H18N2O2. The number of likely N-dealkylation sites (tertiary alicyclic amines) is 1. The summed E-state index contributed by atoms with van der Waals surface area (Å²) < 4.78 is 0. The molecule has 4 heteroatoms. The lowest BCUT2D eigenvalue weighted by Gasteiger charge is -2.33. The number of aliphatic hydroxyl groups is 1. The van der Waals surface area contributed by atoms with Gasteiger partial charge in [0.05, 0.1) is 11.8 Å². The lowest BCUT2D eigenvalue weighted by atomic mass is 9.96. The van der Waals surface area contributed by atoms with E-state index in [1.165, 1.54) is 6.08 Å². The maximum absolute atomic E-state index is 11.9. The first-order valence-electron chi connectivity index (χ1n) is 6.23. The minimum atomic E-state index is -0.411. The zero-order valence-corrected chi connectivity index (χ0v) is 10.5. The van der Waals surface area contributed by atoms with Crippen molar-refractivity contribution in [3.8, 4) is 0 Å². The zero-order chi connectivity index (χ0) is 13.0. The summed E-state index contributed by atoms with van der Waals surface area (Å²) in [5.74, 6) is 0.209. The first-order valence-corrected chi connectivity index (χ1v) is 6.23. The molecule has 1 N–H and O–H groups in total. The zero-order valence-electron chi connectivity index (χ0n) is 10.5. The highest BCUT2D eigenvalue weighted by Crippen LogP contribution is 2.17. The van der Waals surface area contributed by atoms with Gasteiger partial charge in [0, 0.05) is 25.4 Å². The molecule has 2 atom stereocenters. The highest BCUT2D eigenvalue weighted by atomic mass is 16.3. The number of hydrogen-bond acceptors (Lipinski definition) is 3. The van der Waals surface area contributed by atoms with Crippen LogP contribution < -0.4 is 0 Å². The molecule has 2 heterocycles. The summed E-state index contributed by atoms with van der Waals surface area (Å²) >= 11 is 0. The van der Waals surface area contributed by atoms with Gasteiger partial charge in [-0.15, -0.1) is 0 Å². The Labute approximate surface area is 107 Å². The van der Waals surface area contributed by atoms with Crippen LogP contribution in [0.1, 0.15) is 19.0 Å². The van der Waals surface area contributed by atoms with Crippen molar-refractivity contribution in [2.45, 2.75) is 19.4 Å². The maximum Gasteiger partial charge on any atom is 0.246 e. The van der Waals surface area contributed by atoms with Crippen LogP contribution in [0.5, 0.6) is 0 Å². The third-order valence-electron chi connectivity index (χ3n) is 3.31. The van der Waals surface area contributed by atoms with E-state index in [0.717, 1.165) is 12.1 Å². The molecule has 2 rings (SSSR count). The van der Waals surface area contributed by atoms with Crippen LogP contribution in [0.2, 0.25) is 0 Å². The molecule has 4 nitrogen and oxygen atoms in total. The largest absolute Gasteiger partial charge is 0.391 e. The van der Waals surface area contributed by atoms with Gasteiger partial charge in [-0.05, 0) is 30.5 Å². The molecule has 1 saturated heterocycles. The van der Waals surface area contributed by atoms with Crippen LogP contribution in [-0.2, 0) is 4.79 Å². The van der Waals surface area contributed by atoms with Crippen LogP contribution in [0.4, 0.5) is 0 Å². The minimum absolute atomic E-state index is 0.0633. The smallest absolute Gasteiger partial charge is 0.246 e. The van der Waals surface area contributed by atoms with Gasteiger partial charge in [0.25, 0.3) is 0 Å². The fourth-order valence-corrected chi connectivity index (χ4v) is 1.99. The lowest BCUT2D eigenvalue weighted by molar-refractivity contribution is -0.130. The van der Waals surface area contributed by atoms with Gasteiger partial charge >= 0.3 is 0 Å². The number of carbonyl (C=O) groups excluding carboxylic acids is 1. The molecule has 0 spiro atoms. The number of carbonyl (C=O) groups is 1. The Morgan fingerprint density at radius 3 is 3.06 bits per heavy atom. The standard InChI is InChI=1S/C14H18N2O2/c1-11-7-9-16(10-13(11)17)14(18)6-5-12-4-2-3-8-15-12/h2-6,8,11,13,17H,7,9-10H2,1H3/b6-5+. The topological polar surface area (TPSA) is 53.4 Å². The van der Waals surface area contributed by atoms with E-state index < -0.39 is 6.10 Å². The van der Waals surface area contributed by atoms with Crippen LogP contribution in [0.15, 0.2) is 30.5 Å². The molecule has 0 saturated carbocycles. The monoisotopic (exact) mass is 246 g/mol. The van der Waals surface area contributed by atoms with Gasteiger partial charge in [-0.1, -0.05) is 13.0 Å². The summed E-state index contributed by atoms with van der Waals surface area (Å²) in [6.45, 7) is 3.15. The van der Waals surface area contributed by atoms with Crippen molar-refractivity contribution in [3.05, 3.63) is 36.2 Å². The number of pyridine rings is 1. The van der Waals surface area contributed by atoms with Gasteiger partial charge < -0.3 is 10.0 Å². The lowest BCUT2D eigenvalue weighted by Crippen LogP contribution is -2.45. The van der Waals surface area contributed by atoms with Gasteiger partial charge in [-0.2, -0.15) is 0 Å². The molecule has 1 fully saturated rings. The van der Waals surface area contributed by atoms with Gasteiger partial charge in [0.15, 0.2) is 0 Å². The molecule has 1 aliphatic heterocycles. The fraction of sp³-hybridized carbons (Fsp3) is 0.429. The number of aromatic nitrogens is 1. The highest BCUT2D eigenvalue weighted by Gasteiger charge is 2.25. The second-order valence-corrected chi connectivity index (χ2v) is 4.71. The number of amides is 1. The molecule has 96 valence electrons. The van der Waals surface area contributed by atoms with Gasteiger partial charge in [-0.25, -0.2) is 0 Å². The van der Waals surface area contributed by atoms with Crippen molar-refractivity contribution in [3.63, 3.8) is 0 Å². The Balaban J connectivity index is 1.94. The second-order valence-electron chi connectivity index (χ2n) is 4.71. The number of aliphatic hydroxyl groups excluding tert-OH is 1. The molecule has 18 heavy (non-hydrogen) atoms. The summed E-state index contributed by atoms with van der Waals surface area (Å²) in [7, 11) is 0. The molecular weight excluding hydrogens is 228 g/mol. The fourth-order valence-electron chi connectivity index (χ4n) is 1.99. The van der Waals surface area contributed by atoms with E-state index >= 15 is 0 Å². The summed E-state index contributed by atoms with van der Waals surface area (Å²) in [5, 5.41) is 9.75. The Kier molecular flexibility index (Phi) is 4.10. The van der Waals surface area contributed by atoms with Gasteiger partial charge in [0.2, 0.25) is 5.91 Å². The van der Waals surface area contributed by atoms with Crippen LogP contribution >= 0.6 is 0 Å². The molecule has 0 aliphatic carbocycles. The average Bonchev–Trinajstić information content (AvgIpc) is 2.40. The second kappa shape index (κ2) is 5.78.